The Labute approximate surface area is 108 Å². The molecule has 0 radical (unpaired) electrons. The summed E-state index contributed by atoms with van der Waals surface area (Å²) < 4.78 is 5.84. The molecule has 1 rings (SSSR count). The smallest absolute Gasteiger partial charge is 0.270 e. The molecule has 0 saturated heterocycles. The number of benzene rings is 1. The first-order valence-electron chi connectivity index (χ1n) is 5.17. The van der Waals surface area contributed by atoms with E-state index in [4.69, 9.17) is 4.74 Å². The van der Waals surface area contributed by atoms with Crippen molar-refractivity contribution < 1.29 is 9.66 Å². The number of hydrogen-bond donors (Lipinski definition) is 1. The number of hydrogen-bond acceptors (Lipinski definition) is 4. The van der Waals surface area contributed by atoms with Crippen molar-refractivity contribution in [2.24, 2.45) is 0 Å². The van der Waals surface area contributed by atoms with Crippen LogP contribution in [0.5, 0.6) is 0 Å². The van der Waals surface area contributed by atoms with E-state index in [0.717, 1.165) is 16.5 Å². The number of nitrogens with zero attached hydrogens (tertiary/aromatic N) is 1. The highest BCUT2D eigenvalue weighted by Gasteiger charge is 2.12. The normalized spacial score (nSPS) is 12.4. The van der Waals surface area contributed by atoms with Crippen LogP contribution in [0.2, 0.25) is 0 Å². The van der Waals surface area contributed by atoms with Crippen LogP contribution in [0.4, 0.5) is 5.69 Å². The number of methoxy groups -OCH3 is 1. The summed E-state index contributed by atoms with van der Waals surface area (Å²) in [6, 6.07) is 4.99. The number of halogens is 1. The van der Waals surface area contributed by atoms with Crippen LogP contribution in [-0.4, -0.2) is 31.7 Å². The van der Waals surface area contributed by atoms with Gasteiger partial charge in [0.05, 0.1) is 11.5 Å². The number of likely N-dealkylation sites (N-methyl/N-ethyl adjacent to an activating group) is 1. The van der Waals surface area contributed by atoms with Gasteiger partial charge in [-0.1, -0.05) is 22.0 Å². The minimum atomic E-state index is -0.404. The molecule has 0 aromatic heterocycles. The van der Waals surface area contributed by atoms with Crippen LogP contribution in [-0.2, 0) is 11.2 Å². The molecule has 1 unspecified atom stereocenters. The lowest BCUT2D eigenvalue weighted by Crippen LogP contribution is -2.32. The van der Waals surface area contributed by atoms with Crippen molar-refractivity contribution in [3.8, 4) is 0 Å². The third kappa shape index (κ3) is 4.07. The van der Waals surface area contributed by atoms with Crippen LogP contribution >= 0.6 is 15.9 Å². The summed E-state index contributed by atoms with van der Waals surface area (Å²) in [6.07, 6.45) is 0.753. The van der Waals surface area contributed by atoms with Crippen LogP contribution in [0, 0.1) is 10.1 Å². The number of nitro benzene ring substituents is 1. The van der Waals surface area contributed by atoms with Crippen molar-refractivity contribution in [1.82, 2.24) is 5.32 Å². The maximum atomic E-state index is 10.6. The second-order valence-corrected chi connectivity index (χ2v) is 4.53. The Balaban J connectivity index is 2.81. The lowest BCUT2D eigenvalue weighted by atomic mass is 10.1. The lowest BCUT2D eigenvalue weighted by molar-refractivity contribution is -0.384. The van der Waals surface area contributed by atoms with Gasteiger partial charge >= 0.3 is 0 Å². The van der Waals surface area contributed by atoms with Crippen molar-refractivity contribution in [2.45, 2.75) is 12.5 Å². The van der Waals surface area contributed by atoms with Gasteiger partial charge in [0.1, 0.15) is 0 Å². The van der Waals surface area contributed by atoms with E-state index in [1.807, 2.05) is 7.05 Å². The van der Waals surface area contributed by atoms with Crippen LogP contribution in [0.15, 0.2) is 22.7 Å². The summed E-state index contributed by atoms with van der Waals surface area (Å²) in [5.74, 6) is 0. The fourth-order valence-corrected chi connectivity index (χ4v) is 2.05. The predicted molar refractivity (Wildman–Crippen MR) is 69.2 cm³/mol. The maximum Gasteiger partial charge on any atom is 0.270 e. The highest BCUT2D eigenvalue weighted by Crippen LogP contribution is 2.24. The lowest BCUT2D eigenvalue weighted by Gasteiger charge is -2.15. The van der Waals surface area contributed by atoms with E-state index in [1.165, 1.54) is 12.1 Å². The van der Waals surface area contributed by atoms with Crippen molar-refractivity contribution in [2.75, 3.05) is 20.8 Å². The Morgan fingerprint density at radius 3 is 2.76 bits per heavy atom. The molecule has 0 bridgehead atoms. The number of nitro groups is 1. The molecule has 1 aromatic carbocycles. The van der Waals surface area contributed by atoms with Crippen molar-refractivity contribution >= 4 is 21.6 Å². The summed E-state index contributed by atoms with van der Waals surface area (Å²) >= 11 is 3.35. The molecule has 6 heteroatoms. The topological polar surface area (TPSA) is 64.4 Å². The van der Waals surface area contributed by atoms with Crippen molar-refractivity contribution in [1.29, 1.82) is 0 Å². The molecule has 0 aliphatic rings. The average Bonchev–Trinajstić information content (AvgIpc) is 2.30. The number of non-ortho nitro benzene ring substituents is 1. The molecule has 1 atom stereocenters. The predicted octanol–water partition coefficient (Wildman–Crippen LogP) is 2.13. The first kappa shape index (κ1) is 14.1. The molecule has 0 fully saturated rings. The second-order valence-electron chi connectivity index (χ2n) is 3.68. The average molecular weight is 303 g/mol. The van der Waals surface area contributed by atoms with Gasteiger partial charge < -0.3 is 10.1 Å². The standard InChI is InChI=1S/C11H15BrN2O3/c1-13-9(7-17-2)5-8-3-4-10(14(15)16)6-11(8)12/h3-4,6,9,13H,5,7H2,1-2H3. The van der Waals surface area contributed by atoms with Gasteiger partial charge in [-0.25, -0.2) is 0 Å². The van der Waals surface area contributed by atoms with E-state index in [-0.39, 0.29) is 11.7 Å². The van der Waals surface area contributed by atoms with E-state index in [0.29, 0.717) is 6.61 Å². The Morgan fingerprint density at radius 2 is 2.29 bits per heavy atom. The Bertz CT molecular complexity index is 398. The summed E-state index contributed by atoms with van der Waals surface area (Å²) in [7, 11) is 3.51. The molecule has 0 heterocycles. The first-order chi connectivity index (χ1) is 8.08. The van der Waals surface area contributed by atoms with Crippen LogP contribution in [0.1, 0.15) is 5.56 Å². The van der Waals surface area contributed by atoms with Gasteiger partial charge in [0.2, 0.25) is 0 Å². The van der Waals surface area contributed by atoms with E-state index < -0.39 is 4.92 Å². The molecular formula is C11H15BrN2O3. The molecule has 1 aromatic rings. The van der Waals surface area contributed by atoms with Gasteiger partial charge in [0, 0.05) is 29.8 Å². The van der Waals surface area contributed by atoms with Gasteiger partial charge in [0.25, 0.3) is 5.69 Å². The monoisotopic (exact) mass is 302 g/mol. The molecule has 5 nitrogen and oxygen atoms in total. The van der Waals surface area contributed by atoms with Gasteiger partial charge in [-0.15, -0.1) is 0 Å². The van der Waals surface area contributed by atoms with Gasteiger partial charge in [-0.05, 0) is 19.0 Å². The van der Waals surface area contributed by atoms with E-state index >= 15 is 0 Å². The zero-order valence-electron chi connectivity index (χ0n) is 9.77. The van der Waals surface area contributed by atoms with Crippen molar-refractivity contribution in [3.05, 3.63) is 38.3 Å². The Morgan fingerprint density at radius 1 is 1.59 bits per heavy atom. The molecule has 0 amide bonds. The fourth-order valence-electron chi connectivity index (χ4n) is 1.53. The molecule has 17 heavy (non-hydrogen) atoms. The van der Waals surface area contributed by atoms with Crippen molar-refractivity contribution in [3.63, 3.8) is 0 Å². The highest BCUT2D eigenvalue weighted by atomic mass is 79.9. The molecular weight excluding hydrogens is 288 g/mol. The van der Waals surface area contributed by atoms with E-state index in [1.54, 1.807) is 13.2 Å². The molecule has 0 aliphatic heterocycles. The molecule has 0 aliphatic carbocycles. The third-order valence-corrected chi connectivity index (χ3v) is 3.23. The summed E-state index contributed by atoms with van der Waals surface area (Å²) in [4.78, 5) is 10.2. The Kier molecular flexibility index (Phi) is 5.54. The number of rotatable bonds is 6. The number of ether oxygens (including phenoxy) is 1. The highest BCUT2D eigenvalue weighted by molar-refractivity contribution is 9.10. The third-order valence-electron chi connectivity index (χ3n) is 2.49. The second kappa shape index (κ2) is 6.68. The number of nitrogens with one attached hydrogen (secondary N) is 1. The SMILES string of the molecule is CNC(COC)Cc1ccc([N+](=O)[O-])cc1Br. The first-order valence-corrected chi connectivity index (χ1v) is 5.96. The molecule has 94 valence electrons. The Hall–Kier alpha value is -0.980. The minimum absolute atomic E-state index is 0.0911. The molecule has 0 spiro atoms. The zero-order valence-corrected chi connectivity index (χ0v) is 11.4. The maximum absolute atomic E-state index is 10.6. The molecule has 0 saturated carbocycles. The van der Waals surface area contributed by atoms with Crippen LogP contribution in [0.25, 0.3) is 0 Å². The summed E-state index contributed by atoms with van der Waals surface area (Å²) in [5, 5.41) is 13.7. The van der Waals surface area contributed by atoms with E-state index in [2.05, 4.69) is 21.2 Å². The largest absolute Gasteiger partial charge is 0.383 e. The van der Waals surface area contributed by atoms with Gasteiger partial charge in [-0.2, -0.15) is 0 Å². The van der Waals surface area contributed by atoms with Crippen LogP contribution in [0.3, 0.4) is 0 Å². The quantitative estimate of drug-likeness (QED) is 0.646. The summed E-state index contributed by atoms with van der Waals surface area (Å²) in [5.41, 5.74) is 1.11. The minimum Gasteiger partial charge on any atom is -0.383 e. The van der Waals surface area contributed by atoms with E-state index in [9.17, 15) is 10.1 Å². The summed E-state index contributed by atoms with van der Waals surface area (Å²) in [6.45, 7) is 0.597. The van der Waals surface area contributed by atoms with Gasteiger partial charge in [0.15, 0.2) is 0 Å². The zero-order chi connectivity index (χ0) is 12.8. The van der Waals surface area contributed by atoms with Gasteiger partial charge in [-0.3, -0.25) is 10.1 Å². The van der Waals surface area contributed by atoms with Crippen LogP contribution < -0.4 is 5.32 Å². The molecule has 1 N–H and O–H groups in total. The fraction of sp³-hybridized carbons (Fsp3) is 0.455.